The molecule has 0 spiro atoms. The van der Waals surface area contributed by atoms with Gasteiger partial charge in [-0.1, -0.05) is 33.6 Å². The molecule has 1 fully saturated rings. The predicted molar refractivity (Wildman–Crippen MR) is 128 cm³/mol. The maximum Gasteiger partial charge on any atom is 0.573 e. The van der Waals surface area contributed by atoms with Gasteiger partial charge in [0.1, 0.15) is 17.3 Å². The van der Waals surface area contributed by atoms with Gasteiger partial charge in [-0.2, -0.15) is 15.2 Å². The number of carbonyl (C=O) groups is 2. The molecule has 4 rings (SSSR count). The third-order valence-corrected chi connectivity index (χ3v) is 6.22. The highest BCUT2D eigenvalue weighted by atomic mass is 79.9. The molecule has 1 heterocycles. The molecule has 0 aliphatic heterocycles. The van der Waals surface area contributed by atoms with E-state index >= 15 is 0 Å². The summed E-state index contributed by atoms with van der Waals surface area (Å²) < 4.78 is 42.3. The van der Waals surface area contributed by atoms with Crippen molar-refractivity contribution in [2.75, 3.05) is 0 Å². The minimum absolute atomic E-state index is 0.0749. The lowest BCUT2D eigenvalue weighted by Gasteiger charge is -2.20. The summed E-state index contributed by atoms with van der Waals surface area (Å²) in [6.07, 6.45) is -2.90. The SMILES string of the molecule is N#CC1(NC(=O)[C@H](Cc2ccc(OC(F)(F)F)c(Cl)c2)NC(=O)c2cnn(-c3ccc(Br)cc3)n2)CC1. The van der Waals surface area contributed by atoms with E-state index in [0.717, 1.165) is 10.5 Å². The van der Waals surface area contributed by atoms with E-state index in [2.05, 4.69) is 41.5 Å². The van der Waals surface area contributed by atoms with Crippen molar-refractivity contribution in [3.8, 4) is 17.5 Å². The highest BCUT2D eigenvalue weighted by Gasteiger charge is 2.45. The van der Waals surface area contributed by atoms with Crippen molar-refractivity contribution in [3.63, 3.8) is 0 Å². The molecule has 1 aliphatic carbocycles. The molecule has 37 heavy (non-hydrogen) atoms. The monoisotopic (exact) mass is 596 g/mol. The summed E-state index contributed by atoms with van der Waals surface area (Å²) >= 11 is 9.26. The van der Waals surface area contributed by atoms with Crippen molar-refractivity contribution >= 4 is 39.3 Å². The molecular formula is C23H17BrClF3N6O3. The molecule has 0 radical (unpaired) electrons. The molecule has 1 saturated carbocycles. The normalized spacial score (nSPS) is 14.8. The quantitative estimate of drug-likeness (QED) is 0.403. The fraction of sp³-hybridized carbons (Fsp3) is 0.261. The van der Waals surface area contributed by atoms with E-state index in [4.69, 9.17) is 11.6 Å². The van der Waals surface area contributed by atoms with Crippen molar-refractivity contribution in [3.05, 3.63) is 69.4 Å². The third-order valence-electron chi connectivity index (χ3n) is 5.39. The Labute approximate surface area is 221 Å². The van der Waals surface area contributed by atoms with Gasteiger partial charge in [0, 0.05) is 10.9 Å². The van der Waals surface area contributed by atoms with Crippen LogP contribution >= 0.6 is 27.5 Å². The first-order valence-electron chi connectivity index (χ1n) is 10.7. The van der Waals surface area contributed by atoms with Gasteiger partial charge in [0.15, 0.2) is 5.69 Å². The molecular weight excluding hydrogens is 581 g/mol. The van der Waals surface area contributed by atoms with Crippen molar-refractivity contribution in [1.82, 2.24) is 25.6 Å². The van der Waals surface area contributed by atoms with Crippen LogP contribution in [0.4, 0.5) is 13.2 Å². The van der Waals surface area contributed by atoms with Crippen LogP contribution in [0.3, 0.4) is 0 Å². The second kappa shape index (κ2) is 10.4. The molecule has 2 amide bonds. The Morgan fingerprint density at radius 1 is 1.24 bits per heavy atom. The molecule has 1 aromatic heterocycles. The van der Waals surface area contributed by atoms with E-state index in [1.807, 2.05) is 6.07 Å². The number of rotatable bonds is 8. The van der Waals surface area contributed by atoms with Gasteiger partial charge < -0.3 is 15.4 Å². The van der Waals surface area contributed by atoms with E-state index in [1.165, 1.54) is 23.1 Å². The smallest absolute Gasteiger partial charge is 0.404 e. The van der Waals surface area contributed by atoms with E-state index in [0.29, 0.717) is 24.1 Å². The number of aromatic nitrogens is 3. The molecule has 9 nitrogen and oxygen atoms in total. The van der Waals surface area contributed by atoms with Crippen LogP contribution in [0.15, 0.2) is 53.1 Å². The Morgan fingerprint density at radius 3 is 2.54 bits per heavy atom. The lowest BCUT2D eigenvalue weighted by Crippen LogP contribution is -2.51. The van der Waals surface area contributed by atoms with E-state index in [9.17, 15) is 28.0 Å². The van der Waals surface area contributed by atoms with Crippen LogP contribution in [0.2, 0.25) is 5.02 Å². The molecule has 0 bridgehead atoms. The van der Waals surface area contributed by atoms with Crippen LogP contribution in [0.1, 0.15) is 28.9 Å². The number of alkyl halides is 3. The molecule has 192 valence electrons. The van der Waals surface area contributed by atoms with Crippen LogP contribution in [0.5, 0.6) is 5.75 Å². The molecule has 1 aliphatic rings. The summed E-state index contributed by atoms with van der Waals surface area (Å²) in [5, 5.41) is 22.4. The average molecular weight is 598 g/mol. The van der Waals surface area contributed by atoms with Crippen LogP contribution in [0, 0.1) is 11.3 Å². The standard InChI is InChI=1S/C23H17BrClF3N6O3/c24-14-2-4-15(5-3-14)34-30-11-18(33-34)20(35)31-17(21(36)32-22(12-29)7-8-22)10-13-1-6-19(16(25)9-13)37-23(26,27)28/h1-6,9,11,17H,7-8,10H2,(H,31,35)(H,32,36)/t17-/m0/s1. The summed E-state index contributed by atoms with van der Waals surface area (Å²) in [6.45, 7) is 0. The summed E-state index contributed by atoms with van der Waals surface area (Å²) in [6, 6.07) is 11.4. The topological polar surface area (TPSA) is 122 Å². The molecule has 0 saturated heterocycles. The number of halogens is 5. The predicted octanol–water partition coefficient (Wildman–Crippen LogP) is 4.10. The van der Waals surface area contributed by atoms with Crippen molar-refractivity contribution in [2.24, 2.45) is 0 Å². The van der Waals surface area contributed by atoms with E-state index < -0.39 is 35.5 Å². The Balaban J connectivity index is 1.53. The Kier molecular flexibility index (Phi) is 7.42. The lowest BCUT2D eigenvalue weighted by atomic mass is 10.0. The van der Waals surface area contributed by atoms with Gasteiger partial charge in [-0.25, -0.2) is 0 Å². The first kappa shape index (κ1) is 26.4. The Hall–Kier alpha value is -3.63. The number of benzene rings is 2. The van der Waals surface area contributed by atoms with E-state index in [-0.39, 0.29) is 17.1 Å². The molecule has 3 aromatic rings. The fourth-order valence-corrected chi connectivity index (χ4v) is 3.84. The van der Waals surface area contributed by atoms with Crippen molar-refractivity contribution in [1.29, 1.82) is 5.26 Å². The Morgan fingerprint density at radius 2 is 1.95 bits per heavy atom. The zero-order valence-corrected chi connectivity index (χ0v) is 21.1. The lowest BCUT2D eigenvalue weighted by molar-refractivity contribution is -0.274. The highest BCUT2D eigenvalue weighted by molar-refractivity contribution is 9.10. The maximum atomic E-state index is 13.0. The van der Waals surface area contributed by atoms with Gasteiger partial charge in [0.2, 0.25) is 5.91 Å². The van der Waals surface area contributed by atoms with Crippen LogP contribution in [-0.2, 0) is 11.2 Å². The zero-order valence-electron chi connectivity index (χ0n) is 18.7. The molecule has 2 aromatic carbocycles. The minimum atomic E-state index is -4.93. The summed E-state index contributed by atoms with van der Waals surface area (Å²) in [5.41, 5.74) is -0.140. The number of nitrogens with zero attached hydrogens (tertiary/aromatic N) is 4. The first-order chi connectivity index (χ1) is 17.5. The number of ether oxygens (including phenoxy) is 1. The number of hydrogen-bond donors (Lipinski definition) is 2. The highest BCUT2D eigenvalue weighted by Crippen LogP contribution is 2.34. The summed E-state index contributed by atoms with van der Waals surface area (Å²) in [4.78, 5) is 27.2. The summed E-state index contributed by atoms with van der Waals surface area (Å²) in [7, 11) is 0. The largest absolute Gasteiger partial charge is 0.573 e. The molecule has 1 atom stereocenters. The van der Waals surface area contributed by atoms with E-state index in [1.54, 1.807) is 24.3 Å². The van der Waals surface area contributed by atoms with Gasteiger partial charge in [0.25, 0.3) is 5.91 Å². The molecule has 14 heteroatoms. The second-order valence-corrected chi connectivity index (χ2v) is 9.54. The number of amides is 2. The first-order valence-corrected chi connectivity index (χ1v) is 11.9. The summed E-state index contributed by atoms with van der Waals surface area (Å²) in [5.74, 6) is -1.96. The average Bonchev–Trinajstić information content (AvgIpc) is 3.43. The fourth-order valence-electron chi connectivity index (χ4n) is 3.33. The number of nitriles is 1. The zero-order chi connectivity index (χ0) is 26.8. The van der Waals surface area contributed by atoms with Crippen LogP contribution in [-0.4, -0.2) is 44.8 Å². The maximum absolute atomic E-state index is 13.0. The second-order valence-electron chi connectivity index (χ2n) is 8.22. The van der Waals surface area contributed by atoms with Gasteiger partial charge >= 0.3 is 6.36 Å². The minimum Gasteiger partial charge on any atom is -0.404 e. The van der Waals surface area contributed by atoms with Gasteiger partial charge in [-0.3, -0.25) is 9.59 Å². The van der Waals surface area contributed by atoms with Gasteiger partial charge in [-0.05, 0) is 54.8 Å². The number of nitrogens with one attached hydrogen (secondary N) is 2. The third kappa shape index (κ3) is 6.78. The number of hydrogen-bond acceptors (Lipinski definition) is 6. The Bertz CT molecular complexity index is 1370. The molecule has 0 unspecified atom stereocenters. The van der Waals surface area contributed by atoms with Gasteiger partial charge in [-0.15, -0.1) is 18.3 Å². The van der Waals surface area contributed by atoms with Crippen LogP contribution in [0.25, 0.3) is 5.69 Å². The molecule has 2 N–H and O–H groups in total. The van der Waals surface area contributed by atoms with Crippen molar-refractivity contribution < 1.29 is 27.5 Å². The number of carbonyl (C=O) groups excluding carboxylic acids is 2. The van der Waals surface area contributed by atoms with Crippen LogP contribution < -0.4 is 15.4 Å². The van der Waals surface area contributed by atoms with Crippen molar-refractivity contribution in [2.45, 2.75) is 37.2 Å². The van der Waals surface area contributed by atoms with Gasteiger partial charge in [0.05, 0.1) is 23.0 Å².